The monoisotopic (exact) mass is 254 g/mol. The maximum Gasteiger partial charge on any atom is 0.192 e. The molecule has 74 valence electrons. The molecule has 0 spiro atoms. The Labute approximate surface area is 90.4 Å². The molecule has 0 atom stereocenters. The Morgan fingerprint density at radius 1 is 1.50 bits per heavy atom. The lowest BCUT2D eigenvalue weighted by Crippen LogP contribution is -2.03. The minimum Gasteiger partial charge on any atom is -0.441 e. The second kappa shape index (κ2) is 3.71. The van der Waals surface area contributed by atoms with Gasteiger partial charge in [0.25, 0.3) is 0 Å². The van der Waals surface area contributed by atoms with Gasteiger partial charge in [0.1, 0.15) is 5.52 Å². The molecule has 2 rings (SSSR count). The number of nitrogens with two attached hydrogens (primary N) is 1. The fourth-order valence-corrected chi connectivity index (χ4v) is 1.98. The van der Waals surface area contributed by atoms with E-state index in [1.54, 1.807) is 0 Å². The molecule has 0 amide bonds. The molecule has 0 unspecified atom stereocenters. The summed E-state index contributed by atoms with van der Waals surface area (Å²) >= 11 is 3.49. The Hall–Kier alpha value is -0.870. The third-order valence-corrected chi connectivity index (χ3v) is 2.82. The quantitative estimate of drug-likeness (QED) is 0.896. The summed E-state index contributed by atoms with van der Waals surface area (Å²) in [5.41, 5.74) is 8.39. The molecule has 0 saturated carbocycles. The van der Waals surface area contributed by atoms with Gasteiger partial charge < -0.3 is 10.2 Å². The first-order valence-corrected chi connectivity index (χ1v) is 5.25. The molecule has 14 heavy (non-hydrogen) atoms. The number of halogens is 1. The number of nitrogens with zero attached hydrogens (tertiary/aromatic N) is 1. The molecule has 0 saturated heterocycles. The van der Waals surface area contributed by atoms with Crippen molar-refractivity contribution in [3.05, 3.63) is 28.1 Å². The predicted octanol–water partition coefficient (Wildman–Crippen LogP) is 2.40. The smallest absolute Gasteiger partial charge is 0.192 e. The van der Waals surface area contributed by atoms with E-state index in [0.29, 0.717) is 12.4 Å². The number of fused-ring (bicyclic) bond motifs is 1. The molecule has 1 aromatic carbocycles. The lowest BCUT2D eigenvalue weighted by atomic mass is 10.1. The van der Waals surface area contributed by atoms with E-state index in [-0.39, 0.29) is 0 Å². The van der Waals surface area contributed by atoms with Crippen LogP contribution in [0.2, 0.25) is 0 Å². The summed E-state index contributed by atoms with van der Waals surface area (Å²) < 4.78 is 6.48. The average molecular weight is 255 g/mol. The molecule has 0 bridgehead atoms. The highest BCUT2D eigenvalue weighted by atomic mass is 79.9. The number of aryl methyl sites for hydroxylation is 1. The van der Waals surface area contributed by atoms with E-state index >= 15 is 0 Å². The van der Waals surface area contributed by atoms with Crippen molar-refractivity contribution in [1.82, 2.24) is 4.98 Å². The number of hydrogen-bond donors (Lipinski definition) is 1. The van der Waals surface area contributed by atoms with E-state index in [4.69, 9.17) is 10.2 Å². The van der Waals surface area contributed by atoms with Crippen molar-refractivity contribution in [1.29, 1.82) is 0 Å². The van der Waals surface area contributed by atoms with Crippen LogP contribution in [0.3, 0.4) is 0 Å². The van der Waals surface area contributed by atoms with Gasteiger partial charge >= 0.3 is 0 Å². The summed E-state index contributed by atoms with van der Waals surface area (Å²) in [6.45, 7) is 2.48. The average Bonchev–Trinajstić information content (AvgIpc) is 2.45. The summed E-state index contributed by atoms with van der Waals surface area (Å²) in [5, 5.41) is 0. The number of benzene rings is 1. The van der Waals surface area contributed by atoms with Gasteiger partial charge in [-0.1, -0.05) is 15.9 Å². The van der Waals surface area contributed by atoms with Crippen molar-refractivity contribution >= 4 is 27.0 Å². The van der Waals surface area contributed by atoms with Gasteiger partial charge in [0.15, 0.2) is 11.5 Å². The summed E-state index contributed by atoms with van der Waals surface area (Å²) in [6.07, 6.45) is 0.844. The highest BCUT2D eigenvalue weighted by Crippen LogP contribution is 2.24. The van der Waals surface area contributed by atoms with Crippen LogP contribution in [-0.4, -0.2) is 11.5 Å². The van der Waals surface area contributed by atoms with Crippen LogP contribution in [0.4, 0.5) is 0 Å². The Bertz CT molecular complexity index is 464. The normalized spacial score (nSPS) is 11.1. The first-order valence-electron chi connectivity index (χ1n) is 4.46. The highest BCUT2D eigenvalue weighted by molar-refractivity contribution is 9.10. The zero-order valence-electron chi connectivity index (χ0n) is 7.88. The molecule has 0 aliphatic rings. The summed E-state index contributed by atoms with van der Waals surface area (Å²) in [6, 6.07) is 3.96. The molecule has 0 aliphatic heterocycles. The molecule has 1 aromatic heterocycles. The van der Waals surface area contributed by atoms with Crippen LogP contribution in [0.15, 0.2) is 21.0 Å². The van der Waals surface area contributed by atoms with Crippen LogP contribution in [0.1, 0.15) is 11.5 Å². The van der Waals surface area contributed by atoms with Gasteiger partial charge in [-0.2, -0.15) is 0 Å². The molecule has 2 N–H and O–H groups in total. The van der Waals surface area contributed by atoms with Crippen molar-refractivity contribution in [2.24, 2.45) is 5.73 Å². The Kier molecular flexibility index (Phi) is 2.56. The molecular weight excluding hydrogens is 244 g/mol. The van der Waals surface area contributed by atoms with Crippen LogP contribution in [-0.2, 0) is 6.42 Å². The van der Waals surface area contributed by atoms with Crippen LogP contribution >= 0.6 is 15.9 Å². The molecule has 0 radical (unpaired) electrons. The minimum absolute atomic E-state index is 0.636. The van der Waals surface area contributed by atoms with Gasteiger partial charge in [-0.15, -0.1) is 0 Å². The second-order valence-corrected chi connectivity index (χ2v) is 4.04. The molecular formula is C10H11BrN2O. The first kappa shape index (κ1) is 9.68. The zero-order valence-corrected chi connectivity index (χ0v) is 9.47. The van der Waals surface area contributed by atoms with Gasteiger partial charge in [0, 0.05) is 11.4 Å². The highest BCUT2D eigenvalue weighted by Gasteiger charge is 2.06. The van der Waals surface area contributed by atoms with Crippen molar-refractivity contribution in [2.75, 3.05) is 6.54 Å². The van der Waals surface area contributed by atoms with Gasteiger partial charge in [0.05, 0.1) is 0 Å². The second-order valence-electron chi connectivity index (χ2n) is 3.18. The third kappa shape index (κ3) is 1.67. The van der Waals surface area contributed by atoms with Crippen molar-refractivity contribution in [3.63, 3.8) is 0 Å². The van der Waals surface area contributed by atoms with Crippen molar-refractivity contribution in [2.45, 2.75) is 13.3 Å². The number of hydrogen-bond acceptors (Lipinski definition) is 3. The fourth-order valence-electron chi connectivity index (χ4n) is 1.45. The van der Waals surface area contributed by atoms with Gasteiger partial charge in [-0.05, 0) is 30.7 Å². The van der Waals surface area contributed by atoms with Gasteiger partial charge in [-0.25, -0.2) is 4.98 Å². The molecule has 0 aliphatic carbocycles. The predicted molar refractivity (Wildman–Crippen MR) is 59.2 cm³/mol. The van der Waals surface area contributed by atoms with E-state index in [1.165, 1.54) is 0 Å². The Morgan fingerprint density at radius 2 is 2.29 bits per heavy atom. The minimum atomic E-state index is 0.636. The maximum absolute atomic E-state index is 5.51. The van der Waals surface area contributed by atoms with Crippen LogP contribution < -0.4 is 5.73 Å². The van der Waals surface area contributed by atoms with E-state index in [1.807, 2.05) is 19.1 Å². The largest absolute Gasteiger partial charge is 0.441 e. The van der Waals surface area contributed by atoms with E-state index in [2.05, 4.69) is 20.9 Å². The lowest BCUT2D eigenvalue weighted by molar-refractivity contribution is 0.560. The summed E-state index contributed by atoms with van der Waals surface area (Å²) in [7, 11) is 0. The fraction of sp³-hybridized carbons (Fsp3) is 0.300. The standard InChI is InChI=1S/C10H11BrN2O/c1-6-13-9-5-8(11)7(2-3-12)4-10(9)14-6/h4-5H,2-3,12H2,1H3. The molecule has 4 heteroatoms. The number of oxazole rings is 1. The van der Waals surface area contributed by atoms with E-state index < -0.39 is 0 Å². The van der Waals surface area contributed by atoms with Crippen LogP contribution in [0, 0.1) is 6.92 Å². The first-order chi connectivity index (χ1) is 6.70. The molecule has 1 heterocycles. The van der Waals surface area contributed by atoms with Gasteiger partial charge in [-0.3, -0.25) is 0 Å². The maximum atomic E-state index is 5.51. The Morgan fingerprint density at radius 3 is 3.00 bits per heavy atom. The zero-order chi connectivity index (χ0) is 10.1. The summed E-state index contributed by atoms with van der Waals surface area (Å²) in [4.78, 5) is 4.25. The lowest BCUT2D eigenvalue weighted by Gasteiger charge is -2.00. The van der Waals surface area contributed by atoms with Crippen molar-refractivity contribution < 1.29 is 4.42 Å². The van der Waals surface area contributed by atoms with E-state index in [0.717, 1.165) is 27.6 Å². The number of aromatic nitrogens is 1. The third-order valence-electron chi connectivity index (χ3n) is 2.08. The molecule has 3 nitrogen and oxygen atoms in total. The van der Waals surface area contributed by atoms with Crippen molar-refractivity contribution in [3.8, 4) is 0 Å². The summed E-state index contributed by atoms with van der Waals surface area (Å²) in [5.74, 6) is 0.691. The van der Waals surface area contributed by atoms with E-state index in [9.17, 15) is 0 Å². The topological polar surface area (TPSA) is 52.0 Å². The molecule has 0 fully saturated rings. The van der Waals surface area contributed by atoms with Crippen LogP contribution in [0.25, 0.3) is 11.1 Å². The van der Waals surface area contributed by atoms with Gasteiger partial charge in [0.2, 0.25) is 0 Å². The molecule has 2 aromatic rings. The Balaban J connectivity index is 2.58. The SMILES string of the molecule is Cc1nc2cc(Br)c(CCN)cc2o1. The number of rotatable bonds is 2. The van der Waals surface area contributed by atoms with Crippen LogP contribution in [0.5, 0.6) is 0 Å².